The fraction of sp³-hybridized carbons (Fsp3) is 0.375. The highest BCUT2D eigenvalue weighted by Gasteiger charge is 2.21. The maximum absolute atomic E-state index is 12.5. The minimum Gasteiger partial charge on any atom is -0.495 e. The smallest absolute Gasteiger partial charge is 0.268 e. The Balaban J connectivity index is 3.31. The third kappa shape index (κ3) is 1.93. The molecule has 0 aromatic carbocycles. The van der Waals surface area contributed by atoms with Gasteiger partial charge in [-0.1, -0.05) is 11.6 Å². The van der Waals surface area contributed by atoms with E-state index in [0.29, 0.717) is 0 Å². The average molecular weight is 224 g/mol. The number of ether oxygens (including phenoxy) is 1. The second-order valence-electron chi connectivity index (χ2n) is 2.46. The van der Waals surface area contributed by atoms with E-state index in [4.69, 9.17) is 16.7 Å². The molecule has 14 heavy (non-hydrogen) atoms. The van der Waals surface area contributed by atoms with Crippen molar-refractivity contribution in [3.8, 4) is 5.75 Å². The van der Waals surface area contributed by atoms with Gasteiger partial charge >= 0.3 is 0 Å². The second-order valence-corrected chi connectivity index (χ2v) is 2.84. The Morgan fingerprint density at radius 2 is 2.29 bits per heavy atom. The summed E-state index contributed by atoms with van der Waals surface area (Å²) in [5.74, 6) is -0.0813. The minimum absolute atomic E-state index is 0.0165. The first-order valence-electron chi connectivity index (χ1n) is 3.72. The SMILES string of the molecule is COc1cnc(CO)c(Cl)c1C(F)F. The van der Waals surface area contributed by atoms with Crippen molar-refractivity contribution in [3.05, 3.63) is 22.5 Å². The Bertz CT molecular complexity index is 333. The molecule has 1 aromatic rings. The molecule has 0 bridgehead atoms. The zero-order valence-electron chi connectivity index (χ0n) is 7.30. The average Bonchev–Trinajstić information content (AvgIpc) is 2.16. The minimum atomic E-state index is -2.76. The molecule has 0 atom stereocenters. The third-order valence-corrected chi connectivity index (χ3v) is 2.10. The van der Waals surface area contributed by atoms with Gasteiger partial charge in [-0.2, -0.15) is 0 Å². The molecule has 0 spiro atoms. The molecular formula is C8H8ClF2NO2. The summed E-state index contributed by atoms with van der Waals surface area (Å²) >= 11 is 5.61. The van der Waals surface area contributed by atoms with Crippen molar-refractivity contribution in [2.24, 2.45) is 0 Å². The van der Waals surface area contributed by atoms with E-state index in [-0.39, 0.29) is 16.5 Å². The molecule has 0 unspecified atom stereocenters. The first-order valence-corrected chi connectivity index (χ1v) is 4.09. The van der Waals surface area contributed by atoms with Crippen LogP contribution in [0.2, 0.25) is 5.02 Å². The van der Waals surface area contributed by atoms with Crippen LogP contribution >= 0.6 is 11.6 Å². The zero-order valence-corrected chi connectivity index (χ0v) is 8.05. The van der Waals surface area contributed by atoms with Gasteiger partial charge in [0.1, 0.15) is 5.75 Å². The third-order valence-electron chi connectivity index (χ3n) is 1.68. The van der Waals surface area contributed by atoms with Gasteiger partial charge in [0.25, 0.3) is 6.43 Å². The van der Waals surface area contributed by atoms with Crippen LogP contribution in [-0.4, -0.2) is 17.2 Å². The molecule has 0 saturated heterocycles. The van der Waals surface area contributed by atoms with Gasteiger partial charge in [0, 0.05) is 0 Å². The standard InChI is InChI=1S/C8H8ClF2NO2/c1-14-5-2-12-4(3-13)7(9)6(5)8(10)11/h2,8,13H,3H2,1H3. The molecule has 6 heteroatoms. The van der Waals surface area contributed by atoms with Gasteiger partial charge in [-0.15, -0.1) is 0 Å². The van der Waals surface area contributed by atoms with Crippen molar-refractivity contribution >= 4 is 11.6 Å². The maximum atomic E-state index is 12.5. The number of hydrogen-bond acceptors (Lipinski definition) is 3. The van der Waals surface area contributed by atoms with Crippen molar-refractivity contribution in [1.82, 2.24) is 4.98 Å². The Morgan fingerprint density at radius 1 is 1.64 bits per heavy atom. The van der Waals surface area contributed by atoms with Crippen LogP contribution in [0.1, 0.15) is 17.7 Å². The highest BCUT2D eigenvalue weighted by atomic mass is 35.5. The fourth-order valence-corrected chi connectivity index (χ4v) is 1.29. The topological polar surface area (TPSA) is 42.4 Å². The number of pyridine rings is 1. The lowest BCUT2D eigenvalue weighted by Gasteiger charge is -2.10. The van der Waals surface area contributed by atoms with Crippen LogP contribution in [0.15, 0.2) is 6.20 Å². The molecule has 1 rings (SSSR count). The first-order chi connectivity index (χ1) is 6.61. The Hall–Kier alpha value is -0.940. The van der Waals surface area contributed by atoms with Crippen LogP contribution in [0, 0.1) is 0 Å². The number of rotatable bonds is 3. The van der Waals surface area contributed by atoms with Crippen LogP contribution < -0.4 is 4.74 Å². The molecule has 0 aliphatic carbocycles. The molecule has 78 valence electrons. The van der Waals surface area contributed by atoms with Crippen molar-refractivity contribution < 1.29 is 18.6 Å². The number of aromatic nitrogens is 1. The van der Waals surface area contributed by atoms with E-state index in [0.717, 1.165) is 6.20 Å². The van der Waals surface area contributed by atoms with E-state index in [2.05, 4.69) is 9.72 Å². The summed E-state index contributed by atoms with van der Waals surface area (Å²) < 4.78 is 29.7. The molecule has 0 fully saturated rings. The van der Waals surface area contributed by atoms with E-state index in [1.54, 1.807) is 0 Å². The lowest BCUT2D eigenvalue weighted by molar-refractivity contribution is 0.146. The van der Waals surface area contributed by atoms with Gasteiger partial charge in [0.15, 0.2) is 0 Å². The van der Waals surface area contributed by atoms with E-state index in [1.165, 1.54) is 7.11 Å². The van der Waals surface area contributed by atoms with Gasteiger partial charge in [-0.3, -0.25) is 4.98 Å². The van der Waals surface area contributed by atoms with Gasteiger partial charge in [0.2, 0.25) is 0 Å². The van der Waals surface area contributed by atoms with Crippen LogP contribution in [-0.2, 0) is 6.61 Å². The summed E-state index contributed by atoms with van der Waals surface area (Å²) in [5, 5.41) is 8.51. The molecule has 1 aromatic heterocycles. The Kier molecular flexibility index (Phi) is 3.60. The van der Waals surface area contributed by atoms with Crippen molar-refractivity contribution in [1.29, 1.82) is 0 Å². The summed E-state index contributed by atoms with van der Waals surface area (Å²) in [6.45, 7) is -0.484. The summed E-state index contributed by atoms with van der Waals surface area (Å²) in [6, 6.07) is 0. The number of alkyl halides is 2. The number of nitrogens with zero attached hydrogens (tertiary/aromatic N) is 1. The Morgan fingerprint density at radius 3 is 2.71 bits per heavy atom. The predicted molar refractivity (Wildman–Crippen MR) is 46.7 cm³/mol. The molecule has 0 saturated carbocycles. The Labute approximate surface area is 84.3 Å². The predicted octanol–water partition coefficient (Wildman–Crippen LogP) is 2.17. The molecular weight excluding hydrogens is 216 g/mol. The van der Waals surface area contributed by atoms with Crippen LogP contribution in [0.25, 0.3) is 0 Å². The number of halogens is 3. The lowest BCUT2D eigenvalue weighted by atomic mass is 10.2. The lowest BCUT2D eigenvalue weighted by Crippen LogP contribution is -2.00. The summed E-state index contributed by atoms with van der Waals surface area (Å²) in [6.07, 6.45) is -1.65. The summed E-state index contributed by atoms with van der Waals surface area (Å²) in [7, 11) is 1.25. The normalized spacial score (nSPS) is 10.7. The zero-order chi connectivity index (χ0) is 10.7. The van der Waals surface area contributed by atoms with Gasteiger partial charge in [-0.05, 0) is 0 Å². The monoisotopic (exact) mass is 223 g/mol. The van der Waals surface area contributed by atoms with Gasteiger partial charge in [0.05, 0.1) is 36.2 Å². The summed E-state index contributed by atoms with van der Waals surface area (Å²) in [4.78, 5) is 3.67. The molecule has 0 amide bonds. The van der Waals surface area contributed by atoms with Gasteiger partial charge in [-0.25, -0.2) is 8.78 Å². The van der Waals surface area contributed by atoms with Crippen molar-refractivity contribution in [2.45, 2.75) is 13.0 Å². The molecule has 3 nitrogen and oxygen atoms in total. The maximum Gasteiger partial charge on any atom is 0.268 e. The molecule has 0 radical (unpaired) electrons. The number of aliphatic hydroxyl groups is 1. The fourth-order valence-electron chi connectivity index (χ4n) is 1.00. The van der Waals surface area contributed by atoms with Crippen LogP contribution in [0.4, 0.5) is 8.78 Å². The number of hydrogen-bond donors (Lipinski definition) is 1. The van der Waals surface area contributed by atoms with E-state index in [1.807, 2.05) is 0 Å². The molecule has 1 N–H and O–H groups in total. The molecule has 0 aliphatic rings. The van der Waals surface area contributed by atoms with Crippen LogP contribution in [0.5, 0.6) is 5.75 Å². The second kappa shape index (κ2) is 4.52. The van der Waals surface area contributed by atoms with Crippen molar-refractivity contribution in [3.63, 3.8) is 0 Å². The number of aliphatic hydroxyl groups excluding tert-OH is 1. The number of methoxy groups -OCH3 is 1. The van der Waals surface area contributed by atoms with Gasteiger partial charge < -0.3 is 9.84 Å². The van der Waals surface area contributed by atoms with E-state index >= 15 is 0 Å². The first kappa shape index (κ1) is 11.1. The molecule has 0 aliphatic heterocycles. The van der Waals surface area contributed by atoms with Crippen molar-refractivity contribution in [2.75, 3.05) is 7.11 Å². The van der Waals surface area contributed by atoms with E-state index in [9.17, 15) is 8.78 Å². The quantitative estimate of drug-likeness (QED) is 0.854. The highest BCUT2D eigenvalue weighted by molar-refractivity contribution is 6.32. The molecule has 1 heterocycles. The highest BCUT2D eigenvalue weighted by Crippen LogP contribution is 2.35. The van der Waals surface area contributed by atoms with Crippen LogP contribution in [0.3, 0.4) is 0 Å². The largest absolute Gasteiger partial charge is 0.495 e. The van der Waals surface area contributed by atoms with E-state index < -0.39 is 18.6 Å². The summed E-state index contributed by atoms with van der Waals surface area (Å²) in [5.41, 5.74) is -0.420.